The van der Waals surface area contributed by atoms with Gasteiger partial charge in [0.1, 0.15) is 0 Å². The van der Waals surface area contributed by atoms with Crippen molar-refractivity contribution in [1.82, 2.24) is 9.78 Å². The zero-order chi connectivity index (χ0) is 15.5. The Morgan fingerprint density at radius 2 is 2.05 bits per heavy atom. The van der Waals surface area contributed by atoms with Crippen LogP contribution in [0.4, 0.5) is 0 Å². The van der Waals surface area contributed by atoms with E-state index in [2.05, 4.69) is 16.0 Å². The fraction of sp³-hybridized carbons (Fsp3) is 0.412. The van der Waals surface area contributed by atoms with Crippen LogP contribution < -0.4 is 0 Å². The van der Waals surface area contributed by atoms with Crippen LogP contribution in [0.15, 0.2) is 30.6 Å². The molecule has 116 valence electrons. The molecule has 4 nitrogen and oxygen atoms in total. The van der Waals surface area contributed by atoms with Gasteiger partial charge >= 0.3 is 5.97 Å². The first-order valence-corrected chi connectivity index (χ1v) is 8.06. The molecule has 2 aromatic rings. The summed E-state index contributed by atoms with van der Waals surface area (Å²) in [6, 6.07) is 6.01. The molecule has 1 fully saturated rings. The first-order valence-electron chi connectivity index (χ1n) is 7.68. The molecule has 1 aliphatic rings. The molecule has 0 amide bonds. The number of carboxylic acid groups (broad SMARTS) is 1. The summed E-state index contributed by atoms with van der Waals surface area (Å²) in [6.07, 6.45) is 10.1. The average molecular weight is 319 g/mol. The Bertz CT molecular complexity index is 675. The standard InChI is InChI=1S/C17H19ClN2O2/c18-16-7-6-12(8-13(16)9-17(21)22)14-10-19-20(11-14)15-4-2-1-3-5-15/h6-8,10-11,15H,1-5,9H2,(H,21,22). The molecule has 1 saturated carbocycles. The highest BCUT2D eigenvalue weighted by Gasteiger charge is 2.16. The molecule has 0 aliphatic heterocycles. The number of carbonyl (C=O) groups is 1. The molecule has 0 atom stereocenters. The summed E-state index contributed by atoms with van der Waals surface area (Å²) in [7, 11) is 0. The van der Waals surface area contributed by atoms with Crippen molar-refractivity contribution in [3.8, 4) is 11.1 Å². The second kappa shape index (κ2) is 6.53. The van der Waals surface area contributed by atoms with E-state index in [-0.39, 0.29) is 6.42 Å². The van der Waals surface area contributed by atoms with Crippen LogP contribution >= 0.6 is 11.6 Å². The second-order valence-electron chi connectivity index (χ2n) is 5.88. The molecule has 22 heavy (non-hydrogen) atoms. The van der Waals surface area contributed by atoms with Gasteiger partial charge in [-0.25, -0.2) is 0 Å². The molecule has 0 radical (unpaired) electrons. The summed E-state index contributed by atoms with van der Waals surface area (Å²) in [5.74, 6) is -0.878. The van der Waals surface area contributed by atoms with E-state index in [4.69, 9.17) is 16.7 Å². The number of benzene rings is 1. The molecule has 1 aliphatic carbocycles. The molecular formula is C17H19ClN2O2. The quantitative estimate of drug-likeness (QED) is 0.912. The van der Waals surface area contributed by atoms with E-state index in [9.17, 15) is 4.79 Å². The first-order chi connectivity index (χ1) is 10.6. The lowest BCUT2D eigenvalue weighted by molar-refractivity contribution is -0.136. The van der Waals surface area contributed by atoms with Crippen molar-refractivity contribution in [3.63, 3.8) is 0 Å². The van der Waals surface area contributed by atoms with Crippen molar-refractivity contribution in [3.05, 3.63) is 41.2 Å². The minimum Gasteiger partial charge on any atom is -0.481 e. The first kappa shape index (κ1) is 15.1. The van der Waals surface area contributed by atoms with Crippen molar-refractivity contribution >= 4 is 17.6 Å². The van der Waals surface area contributed by atoms with Gasteiger partial charge in [-0.05, 0) is 36.1 Å². The van der Waals surface area contributed by atoms with E-state index in [1.54, 1.807) is 6.07 Å². The summed E-state index contributed by atoms with van der Waals surface area (Å²) in [5.41, 5.74) is 2.61. The number of aliphatic carboxylic acids is 1. The zero-order valence-corrected chi connectivity index (χ0v) is 13.1. The minimum atomic E-state index is -0.878. The Morgan fingerprint density at radius 1 is 1.27 bits per heavy atom. The Labute approximate surface area is 134 Å². The predicted octanol–water partition coefficient (Wildman–Crippen LogP) is 4.34. The van der Waals surface area contributed by atoms with Crippen molar-refractivity contribution in [2.45, 2.75) is 44.6 Å². The Balaban J connectivity index is 1.84. The van der Waals surface area contributed by atoms with Crippen LogP contribution in [0.3, 0.4) is 0 Å². The number of rotatable bonds is 4. The average Bonchev–Trinajstić information content (AvgIpc) is 3.00. The third-order valence-electron chi connectivity index (χ3n) is 4.27. The summed E-state index contributed by atoms with van der Waals surface area (Å²) in [6.45, 7) is 0. The number of hydrogen-bond acceptors (Lipinski definition) is 2. The molecule has 0 unspecified atom stereocenters. The Kier molecular flexibility index (Phi) is 4.48. The largest absolute Gasteiger partial charge is 0.481 e. The molecule has 0 saturated heterocycles. The molecule has 1 N–H and O–H groups in total. The van der Waals surface area contributed by atoms with E-state index >= 15 is 0 Å². The second-order valence-corrected chi connectivity index (χ2v) is 6.28. The van der Waals surface area contributed by atoms with E-state index in [1.807, 2.05) is 18.3 Å². The van der Waals surface area contributed by atoms with Gasteiger partial charge in [-0.3, -0.25) is 9.48 Å². The van der Waals surface area contributed by atoms with Crippen LogP contribution in [0, 0.1) is 0 Å². The van der Waals surface area contributed by atoms with Gasteiger partial charge in [0.2, 0.25) is 0 Å². The van der Waals surface area contributed by atoms with Crippen LogP contribution in [0.1, 0.15) is 43.7 Å². The lowest BCUT2D eigenvalue weighted by Gasteiger charge is -2.21. The molecule has 1 aromatic carbocycles. The van der Waals surface area contributed by atoms with Gasteiger partial charge in [0.05, 0.1) is 18.7 Å². The van der Waals surface area contributed by atoms with Gasteiger partial charge in [0, 0.05) is 16.8 Å². The molecule has 3 rings (SSSR count). The predicted molar refractivity (Wildman–Crippen MR) is 86.1 cm³/mol. The number of aromatic nitrogens is 2. The van der Waals surface area contributed by atoms with Gasteiger partial charge < -0.3 is 5.11 Å². The summed E-state index contributed by atoms with van der Waals surface area (Å²) in [5, 5.41) is 13.9. The zero-order valence-electron chi connectivity index (χ0n) is 12.3. The number of hydrogen-bond donors (Lipinski definition) is 1. The molecule has 1 aromatic heterocycles. The molecule has 1 heterocycles. The Morgan fingerprint density at radius 3 is 2.77 bits per heavy atom. The molecule has 0 spiro atoms. The lowest BCUT2D eigenvalue weighted by atomic mass is 9.96. The number of halogens is 1. The topological polar surface area (TPSA) is 55.1 Å². The lowest BCUT2D eigenvalue weighted by Crippen LogP contribution is -2.12. The SMILES string of the molecule is O=C(O)Cc1cc(-c2cnn(C3CCCCC3)c2)ccc1Cl. The molecular weight excluding hydrogens is 300 g/mol. The minimum absolute atomic E-state index is 0.0660. The third kappa shape index (κ3) is 3.33. The van der Waals surface area contributed by atoms with Crippen LogP contribution in [-0.2, 0) is 11.2 Å². The fourth-order valence-corrected chi connectivity index (χ4v) is 3.27. The van der Waals surface area contributed by atoms with Gasteiger partial charge in [0.25, 0.3) is 0 Å². The molecule has 0 bridgehead atoms. The van der Waals surface area contributed by atoms with Gasteiger partial charge in [-0.2, -0.15) is 5.10 Å². The maximum atomic E-state index is 10.9. The van der Waals surface area contributed by atoms with Crippen molar-refractivity contribution in [1.29, 1.82) is 0 Å². The Hall–Kier alpha value is -1.81. The van der Waals surface area contributed by atoms with E-state index < -0.39 is 5.97 Å². The van der Waals surface area contributed by atoms with Crippen LogP contribution in [-0.4, -0.2) is 20.9 Å². The van der Waals surface area contributed by atoms with Crippen molar-refractivity contribution in [2.24, 2.45) is 0 Å². The van der Waals surface area contributed by atoms with E-state index in [0.717, 1.165) is 11.1 Å². The van der Waals surface area contributed by atoms with E-state index in [0.29, 0.717) is 16.6 Å². The third-order valence-corrected chi connectivity index (χ3v) is 4.64. The van der Waals surface area contributed by atoms with Gasteiger partial charge in [0.15, 0.2) is 0 Å². The van der Waals surface area contributed by atoms with Crippen LogP contribution in [0.25, 0.3) is 11.1 Å². The van der Waals surface area contributed by atoms with Gasteiger partial charge in [-0.1, -0.05) is 36.9 Å². The monoisotopic (exact) mass is 318 g/mol. The highest BCUT2D eigenvalue weighted by molar-refractivity contribution is 6.31. The van der Waals surface area contributed by atoms with Crippen molar-refractivity contribution < 1.29 is 9.90 Å². The summed E-state index contributed by atoms with van der Waals surface area (Å²) >= 11 is 6.07. The smallest absolute Gasteiger partial charge is 0.307 e. The van der Waals surface area contributed by atoms with Crippen LogP contribution in [0.2, 0.25) is 5.02 Å². The maximum absolute atomic E-state index is 10.9. The van der Waals surface area contributed by atoms with Crippen LogP contribution in [0.5, 0.6) is 0 Å². The highest BCUT2D eigenvalue weighted by Crippen LogP contribution is 2.30. The normalized spacial score (nSPS) is 15.9. The summed E-state index contributed by atoms with van der Waals surface area (Å²) in [4.78, 5) is 10.9. The number of carboxylic acids is 1. The van der Waals surface area contributed by atoms with Crippen molar-refractivity contribution in [2.75, 3.05) is 0 Å². The molecule has 5 heteroatoms. The summed E-state index contributed by atoms with van der Waals surface area (Å²) < 4.78 is 2.06. The van der Waals surface area contributed by atoms with Gasteiger partial charge in [-0.15, -0.1) is 0 Å². The maximum Gasteiger partial charge on any atom is 0.307 e. The number of nitrogens with zero attached hydrogens (tertiary/aromatic N) is 2. The van der Waals surface area contributed by atoms with E-state index in [1.165, 1.54) is 32.1 Å². The fourth-order valence-electron chi connectivity index (χ4n) is 3.09. The highest BCUT2D eigenvalue weighted by atomic mass is 35.5.